The number of hydrogen-bond donors (Lipinski definition) is 2. The van der Waals surface area contributed by atoms with Gasteiger partial charge >= 0.3 is 6.18 Å². The predicted octanol–water partition coefficient (Wildman–Crippen LogP) is 1.23. The van der Waals surface area contributed by atoms with Crippen molar-refractivity contribution in [2.45, 2.75) is 18.7 Å². The van der Waals surface area contributed by atoms with Gasteiger partial charge in [-0.2, -0.15) is 25.8 Å². The minimum Gasteiger partial charge on any atom is -0.380 e. The first kappa shape index (κ1) is 9.10. The van der Waals surface area contributed by atoms with E-state index in [-0.39, 0.29) is 0 Å². The van der Waals surface area contributed by atoms with Gasteiger partial charge in [0.15, 0.2) is 5.60 Å². The highest BCUT2D eigenvalue weighted by Gasteiger charge is 2.48. The van der Waals surface area contributed by atoms with E-state index in [0.29, 0.717) is 6.92 Å². The van der Waals surface area contributed by atoms with E-state index in [1.807, 2.05) is 0 Å². The van der Waals surface area contributed by atoms with E-state index in [1.165, 1.54) is 0 Å². The molecule has 0 aliphatic heterocycles. The summed E-state index contributed by atoms with van der Waals surface area (Å²) in [5.74, 6) is -0.615. The van der Waals surface area contributed by atoms with Gasteiger partial charge in [0.2, 0.25) is 0 Å². The molecule has 0 saturated carbocycles. The summed E-state index contributed by atoms with van der Waals surface area (Å²) in [5.41, 5.74) is -2.66. The molecule has 0 aromatic carbocycles. The van der Waals surface area contributed by atoms with Crippen LogP contribution in [0.5, 0.6) is 0 Å². The molecule has 1 N–H and O–H groups in total. The maximum absolute atomic E-state index is 11.5. The third-order valence-corrected chi connectivity index (χ3v) is 1.53. The van der Waals surface area contributed by atoms with Crippen molar-refractivity contribution in [2.24, 2.45) is 0 Å². The van der Waals surface area contributed by atoms with Crippen molar-refractivity contribution in [3.8, 4) is 0 Å². The molecule has 0 aliphatic rings. The van der Waals surface area contributed by atoms with Gasteiger partial charge in [-0.15, -0.1) is 0 Å². The van der Waals surface area contributed by atoms with Crippen LogP contribution in [0.1, 0.15) is 6.92 Å². The standard InChI is InChI=1S/C4H7F3OS/c1-3(8,2-9)4(5,6)7/h8-9H,2H2,1H3. The predicted molar refractivity (Wildman–Crippen MR) is 30.5 cm³/mol. The van der Waals surface area contributed by atoms with Crippen molar-refractivity contribution in [2.75, 3.05) is 5.75 Å². The molecule has 0 fully saturated rings. The number of aliphatic hydroxyl groups is 1. The van der Waals surface area contributed by atoms with Gasteiger partial charge in [0.1, 0.15) is 0 Å². The third-order valence-electron chi connectivity index (χ3n) is 0.919. The average Bonchev–Trinajstić information content (AvgIpc) is 1.64. The maximum atomic E-state index is 11.5. The van der Waals surface area contributed by atoms with Crippen LogP contribution >= 0.6 is 12.6 Å². The largest absolute Gasteiger partial charge is 0.417 e. The van der Waals surface area contributed by atoms with Crippen molar-refractivity contribution < 1.29 is 18.3 Å². The summed E-state index contributed by atoms with van der Waals surface area (Å²) in [4.78, 5) is 0. The number of thiol groups is 1. The molecule has 1 nitrogen and oxygen atoms in total. The first-order valence-corrected chi connectivity index (χ1v) is 2.84. The lowest BCUT2D eigenvalue weighted by atomic mass is 10.1. The van der Waals surface area contributed by atoms with Crippen molar-refractivity contribution >= 4 is 12.6 Å². The first-order chi connectivity index (χ1) is 3.81. The van der Waals surface area contributed by atoms with E-state index in [1.54, 1.807) is 0 Å². The number of halogens is 3. The van der Waals surface area contributed by atoms with Crippen LogP contribution in [0.25, 0.3) is 0 Å². The molecular weight excluding hydrogens is 153 g/mol. The molecule has 0 radical (unpaired) electrons. The zero-order chi connectivity index (χ0) is 7.71. The quantitative estimate of drug-likeness (QED) is 0.553. The van der Waals surface area contributed by atoms with Gasteiger partial charge in [-0.3, -0.25) is 0 Å². The molecule has 0 rings (SSSR count). The third kappa shape index (κ3) is 2.06. The molecule has 9 heavy (non-hydrogen) atoms. The fourth-order valence-corrected chi connectivity index (χ4v) is 0.269. The van der Waals surface area contributed by atoms with Crippen molar-refractivity contribution in [3.63, 3.8) is 0 Å². The van der Waals surface area contributed by atoms with Crippen LogP contribution in [-0.4, -0.2) is 22.6 Å². The molecule has 1 atom stereocenters. The SMILES string of the molecule is CC(O)(CS)C(F)(F)F. The van der Waals surface area contributed by atoms with Crippen LogP contribution in [0.3, 0.4) is 0 Å². The summed E-state index contributed by atoms with van der Waals surface area (Å²) in [5, 5.41) is 8.46. The van der Waals surface area contributed by atoms with Crippen molar-refractivity contribution in [1.29, 1.82) is 0 Å². The average molecular weight is 160 g/mol. The zero-order valence-corrected chi connectivity index (χ0v) is 5.63. The molecule has 0 aliphatic carbocycles. The molecule has 0 aromatic rings. The summed E-state index contributed by atoms with van der Waals surface area (Å²) in [6.07, 6.45) is -4.57. The van der Waals surface area contributed by atoms with Crippen LogP contribution in [0, 0.1) is 0 Å². The second-order valence-electron chi connectivity index (χ2n) is 1.93. The topological polar surface area (TPSA) is 20.2 Å². The Morgan fingerprint density at radius 1 is 1.44 bits per heavy atom. The fourth-order valence-electron chi connectivity index (χ4n) is 0.0896. The minimum atomic E-state index is -4.57. The number of rotatable bonds is 1. The van der Waals surface area contributed by atoms with Gasteiger partial charge in [0.25, 0.3) is 0 Å². The van der Waals surface area contributed by atoms with Gasteiger partial charge in [-0.1, -0.05) is 0 Å². The molecule has 0 heterocycles. The molecule has 0 amide bonds. The molecule has 56 valence electrons. The lowest BCUT2D eigenvalue weighted by molar-refractivity contribution is -0.242. The number of hydrogen-bond acceptors (Lipinski definition) is 2. The van der Waals surface area contributed by atoms with E-state index >= 15 is 0 Å². The lowest BCUT2D eigenvalue weighted by Gasteiger charge is -2.23. The van der Waals surface area contributed by atoms with E-state index < -0.39 is 17.5 Å². The van der Waals surface area contributed by atoms with Gasteiger partial charge in [-0.05, 0) is 6.92 Å². The van der Waals surface area contributed by atoms with Gasteiger partial charge in [0.05, 0.1) is 0 Å². The summed E-state index contributed by atoms with van der Waals surface area (Å²) >= 11 is 3.32. The highest BCUT2D eigenvalue weighted by Crippen LogP contribution is 2.30. The van der Waals surface area contributed by atoms with Gasteiger partial charge < -0.3 is 5.11 Å². The van der Waals surface area contributed by atoms with Crippen LogP contribution in [0.15, 0.2) is 0 Å². The van der Waals surface area contributed by atoms with Crippen LogP contribution in [0.2, 0.25) is 0 Å². The fraction of sp³-hybridized carbons (Fsp3) is 1.00. The summed E-state index contributed by atoms with van der Waals surface area (Å²) in [7, 11) is 0. The Morgan fingerprint density at radius 3 is 1.78 bits per heavy atom. The molecule has 1 unspecified atom stereocenters. The Morgan fingerprint density at radius 2 is 1.78 bits per heavy atom. The molecule has 0 saturated heterocycles. The normalized spacial score (nSPS) is 19.3. The minimum absolute atomic E-state index is 0.615. The van der Waals surface area contributed by atoms with E-state index in [0.717, 1.165) is 0 Å². The van der Waals surface area contributed by atoms with Crippen LogP contribution in [0.4, 0.5) is 13.2 Å². The molecule has 0 bridgehead atoms. The van der Waals surface area contributed by atoms with Gasteiger partial charge in [0, 0.05) is 5.75 Å². The summed E-state index contributed by atoms with van der Waals surface area (Å²) < 4.78 is 34.6. The molecule has 0 aromatic heterocycles. The highest BCUT2D eigenvalue weighted by atomic mass is 32.1. The molecule has 5 heteroatoms. The highest BCUT2D eigenvalue weighted by molar-refractivity contribution is 7.80. The Hall–Kier alpha value is 0.100. The van der Waals surface area contributed by atoms with Crippen molar-refractivity contribution in [3.05, 3.63) is 0 Å². The zero-order valence-electron chi connectivity index (χ0n) is 4.74. The van der Waals surface area contributed by atoms with E-state index in [9.17, 15) is 13.2 Å². The second-order valence-corrected chi connectivity index (χ2v) is 2.25. The number of alkyl halides is 3. The Kier molecular flexibility index (Phi) is 2.41. The van der Waals surface area contributed by atoms with E-state index in [2.05, 4.69) is 12.6 Å². The lowest BCUT2D eigenvalue weighted by Crippen LogP contribution is -2.43. The second kappa shape index (κ2) is 2.38. The monoisotopic (exact) mass is 160 g/mol. The van der Waals surface area contributed by atoms with E-state index in [4.69, 9.17) is 5.11 Å². The Balaban J connectivity index is 4.14. The maximum Gasteiger partial charge on any atom is 0.417 e. The Bertz CT molecular complexity index is 98.5. The molecular formula is C4H7F3OS. The van der Waals surface area contributed by atoms with Gasteiger partial charge in [-0.25, -0.2) is 0 Å². The summed E-state index contributed by atoms with van der Waals surface area (Å²) in [6, 6.07) is 0. The summed E-state index contributed by atoms with van der Waals surface area (Å²) in [6.45, 7) is 0.681. The Labute approximate surface area is 56.3 Å². The first-order valence-electron chi connectivity index (χ1n) is 2.21. The van der Waals surface area contributed by atoms with Crippen LogP contribution in [-0.2, 0) is 0 Å². The smallest absolute Gasteiger partial charge is 0.380 e. The van der Waals surface area contributed by atoms with Crippen molar-refractivity contribution in [1.82, 2.24) is 0 Å². The van der Waals surface area contributed by atoms with Crippen LogP contribution < -0.4 is 0 Å². The molecule has 0 spiro atoms.